The topological polar surface area (TPSA) is 55.3 Å². The third-order valence-electron chi connectivity index (χ3n) is 6.52. The lowest BCUT2D eigenvalue weighted by atomic mass is 9.87. The Morgan fingerprint density at radius 1 is 1.31 bits per heavy atom. The van der Waals surface area contributed by atoms with Crippen LogP contribution in [-0.4, -0.2) is 56.9 Å². The first-order valence-corrected chi connectivity index (χ1v) is 11.2. The fraction of sp³-hybridized carbons (Fsp3) is 0.696. The molecule has 160 valence electrons. The number of hydrogen-bond acceptors (Lipinski definition) is 4. The predicted molar refractivity (Wildman–Crippen MR) is 115 cm³/mol. The average Bonchev–Trinajstić information content (AvgIpc) is 3.50. The quantitative estimate of drug-likeness (QED) is 0.583. The Morgan fingerprint density at radius 2 is 2.17 bits per heavy atom. The molecule has 1 aliphatic carbocycles. The van der Waals surface area contributed by atoms with E-state index in [0.717, 1.165) is 75.1 Å². The van der Waals surface area contributed by atoms with Crippen LogP contribution in [0.4, 0.5) is 0 Å². The van der Waals surface area contributed by atoms with Crippen LogP contribution in [0.15, 0.2) is 23.2 Å². The minimum absolute atomic E-state index is 0.295. The molecule has 0 amide bonds. The van der Waals surface area contributed by atoms with Crippen molar-refractivity contribution in [2.24, 2.45) is 10.4 Å². The summed E-state index contributed by atoms with van der Waals surface area (Å²) >= 11 is 0. The number of nitrogens with zero attached hydrogens (tertiary/aromatic N) is 2. The number of methoxy groups -OCH3 is 1. The van der Waals surface area contributed by atoms with Gasteiger partial charge in [-0.15, -0.1) is 0 Å². The normalized spacial score (nSPS) is 25.2. The third-order valence-corrected chi connectivity index (χ3v) is 6.52. The van der Waals surface area contributed by atoms with Crippen molar-refractivity contribution in [2.45, 2.75) is 58.1 Å². The summed E-state index contributed by atoms with van der Waals surface area (Å²) in [7, 11) is 1.71. The smallest absolute Gasteiger partial charge is 0.194 e. The fourth-order valence-corrected chi connectivity index (χ4v) is 4.83. The van der Waals surface area contributed by atoms with Crippen molar-refractivity contribution in [1.82, 2.24) is 10.2 Å². The number of ether oxygens (including phenoxy) is 3. The number of rotatable bonds is 6. The molecule has 1 saturated carbocycles. The van der Waals surface area contributed by atoms with Crippen molar-refractivity contribution in [1.29, 1.82) is 0 Å². The van der Waals surface area contributed by atoms with Gasteiger partial charge in [0.25, 0.3) is 0 Å². The third kappa shape index (κ3) is 4.63. The molecule has 0 bridgehead atoms. The van der Waals surface area contributed by atoms with Crippen molar-refractivity contribution in [3.63, 3.8) is 0 Å². The number of likely N-dealkylation sites (tertiary alicyclic amines) is 1. The molecular formula is C23H35N3O3. The van der Waals surface area contributed by atoms with Crippen molar-refractivity contribution in [3.8, 4) is 11.5 Å². The summed E-state index contributed by atoms with van der Waals surface area (Å²) in [6, 6.07) is 6.11. The van der Waals surface area contributed by atoms with Gasteiger partial charge in [-0.2, -0.15) is 0 Å². The molecule has 3 fully saturated rings. The number of hydrogen-bond donors (Lipinski definition) is 1. The highest BCUT2D eigenvalue weighted by Crippen LogP contribution is 2.38. The van der Waals surface area contributed by atoms with Gasteiger partial charge in [-0.05, 0) is 51.5 Å². The van der Waals surface area contributed by atoms with E-state index in [1.54, 1.807) is 7.11 Å². The van der Waals surface area contributed by atoms with Crippen molar-refractivity contribution >= 4 is 5.96 Å². The summed E-state index contributed by atoms with van der Waals surface area (Å²) in [6.45, 7) is 7.43. The zero-order valence-electron chi connectivity index (χ0n) is 17.9. The summed E-state index contributed by atoms with van der Waals surface area (Å²) in [6.07, 6.45) is 7.40. The molecule has 1 unspecified atom stereocenters. The lowest BCUT2D eigenvalue weighted by molar-refractivity contribution is 0.156. The van der Waals surface area contributed by atoms with Crippen LogP contribution in [-0.2, 0) is 11.3 Å². The SMILES string of the molecule is CCNC(=NCc1cccc(OC)c1OC1CCCC1)N1CCC2(CCOC2)C1. The molecule has 1 spiro atoms. The summed E-state index contributed by atoms with van der Waals surface area (Å²) in [4.78, 5) is 7.38. The van der Waals surface area contributed by atoms with E-state index in [0.29, 0.717) is 18.1 Å². The molecule has 3 aliphatic rings. The number of nitrogens with one attached hydrogen (secondary N) is 1. The van der Waals surface area contributed by atoms with E-state index in [-0.39, 0.29) is 0 Å². The molecule has 2 aliphatic heterocycles. The van der Waals surface area contributed by atoms with Crippen LogP contribution in [0.1, 0.15) is 51.0 Å². The summed E-state index contributed by atoms with van der Waals surface area (Å²) < 4.78 is 17.7. The highest BCUT2D eigenvalue weighted by atomic mass is 16.5. The molecule has 4 rings (SSSR count). The second-order valence-corrected chi connectivity index (χ2v) is 8.62. The van der Waals surface area contributed by atoms with Crippen molar-refractivity contribution in [2.75, 3.05) is 40.0 Å². The second-order valence-electron chi connectivity index (χ2n) is 8.62. The molecule has 1 aromatic rings. The van der Waals surface area contributed by atoms with Crippen LogP contribution < -0.4 is 14.8 Å². The minimum atomic E-state index is 0.295. The Kier molecular flexibility index (Phi) is 6.48. The van der Waals surface area contributed by atoms with Gasteiger partial charge in [0.15, 0.2) is 17.5 Å². The lowest BCUT2D eigenvalue weighted by Crippen LogP contribution is -2.41. The van der Waals surface area contributed by atoms with Gasteiger partial charge < -0.3 is 24.4 Å². The molecule has 1 aromatic carbocycles. The number of aliphatic imine (C=N–C) groups is 1. The van der Waals surface area contributed by atoms with Crippen LogP contribution in [0.2, 0.25) is 0 Å². The van der Waals surface area contributed by atoms with E-state index in [1.165, 1.54) is 19.3 Å². The summed E-state index contributed by atoms with van der Waals surface area (Å²) in [5, 5.41) is 3.49. The highest BCUT2D eigenvalue weighted by Gasteiger charge is 2.42. The van der Waals surface area contributed by atoms with Crippen molar-refractivity contribution < 1.29 is 14.2 Å². The monoisotopic (exact) mass is 401 g/mol. The van der Waals surface area contributed by atoms with Gasteiger partial charge >= 0.3 is 0 Å². The van der Waals surface area contributed by atoms with E-state index >= 15 is 0 Å². The Hall–Kier alpha value is -1.95. The maximum Gasteiger partial charge on any atom is 0.194 e. The predicted octanol–water partition coefficient (Wildman–Crippen LogP) is 3.59. The van der Waals surface area contributed by atoms with E-state index in [4.69, 9.17) is 19.2 Å². The van der Waals surface area contributed by atoms with Crippen LogP contribution in [0, 0.1) is 5.41 Å². The first kappa shape index (κ1) is 20.3. The largest absolute Gasteiger partial charge is 0.493 e. The lowest BCUT2D eigenvalue weighted by Gasteiger charge is -2.25. The van der Waals surface area contributed by atoms with Gasteiger partial charge in [0.2, 0.25) is 0 Å². The average molecular weight is 402 g/mol. The van der Waals surface area contributed by atoms with Gasteiger partial charge in [-0.3, -0.25) is 0 Å². The molecule has 0 radical (unpaired) electrons. The van der Waals surface area contributed by atoms with E-state index in [9.17, 15) is 0 Å². The molecule has 2 heterocycles. The molecule has 0 aromatic heterocycles. The number of benzene rings is 1. The summed E-state index contributed by atoms with van der Waals surface area (Å²) in [5.74, 6) is 2.66. The number of para-hydroxylation sites is 1. The fourth-order valence-electron chi connectivity index (χ4n) is 4.83. The van der Waals surface area contributed by atoms with Crippen LogP contribution in [0.3, 0.4) is 0 Å². The Balaban J connectivity index is 1.51. The van der Waals surface area contributed by atoms with Crippen molar-refractivity contribution in [3.05, 3.63) is 23.8 Å². The van der Waals surface area contributed by atoms with Gasteiger partial charge in [-0.1, -0.05) is 12.1 Å². The Labute approximate surface area is 174 Å². The van der Waals surface area contributed by atoms with Crippen LogP contribution >= 0.6 is 0 Å². The first-order valence-electron chi connectivity index (χ1n) is 11.2. The molecule has 1 atom stereocenters. The standard InChI is InChI=1S/C23H35N3O3/c1-3-24-22(26-13-11-23(16-26)12-14-28-17-23)25-15-18-7-6-10-20(27-2)21(18)29-19-8-4-5-9-19/h6-7,10,19H,3-5,8-9,11-17H2,1-2H3,(H,24,25). The zero-order valence-corrected chi connectivity index (χ0v) is 17.9. The maximum absolute atomic E-state index is 6.38. The summed E-state index contributed by atoms with van der Waals surface area (Å²) in [5.41, 5.74) is 1.41. The van der Waals surface area contributed by atoms with Crippen LogP contribution in [0.5, 0.6) is 11.5 Å². The van der Waals surface area contributed by atoms with Gasteiger partial charge in [-0.25, -0.2) is 4.99 Å². The molecular weight excluding hydrogens is 366 g/mol. The minimum Gasteiger partial charge on any atom is -0.493 e. The van der Waals surface area contributed by atoms with Gasteiger partial charge in [0, 0.05) is 37.2 Å². The first-order chi connectivity index (χ1) is 14.2. The molecule has 6 heteroatoms. The zero-order chi connectivity index (χ0) is 20.1. The highest BCUT2D eigenvalue weighted by molar-refractivity contribution is 5.80. The Bertz CT molecular complexity index is 709. The van der Waals surface area contributed by atoms with E-state index < -0.39 is 0 Å². The molecule has 29 heavy (non-hydrogen) atoms. The van der Waals surface area contributed by atoms with E-state index in [2.05, 4.69) is 23.2 Å². The molecule has 2 saturated heterocycles. The van der Waals surface area contributed by atoms with E-state index in [1.807, 2.05) is 12.1 Å². The maximum atomic E-state index is 6.38. The van der Waals surface area contributed by atoms with Crippen LogP contribution in [0.25, 0.3) is 0 Å². The second kappa shape index (κ2) is 9.24. The number of guanidine groups is 1. The van der Waals surface area contributed by atoms with Gasteiger partial charge in [0.05, 0.1) is 26.4 Å². The van der Waals surface area contributed by atoms with Gasteiger partial charge in [0.1, 0.15) is 0 Å². The Morgan fingerprint density at radius 3 is 2.90 bits per heavy atom. The molecule has 6 nitrogen and oxygen atoms in total. The molecule has 1 N–H and O–H groups in total.